The van der Waals surface area contributed by atoms with Gasteiger partial charge in [0.05, 0.1) is 23.5 Å². The highest BCUT2D eigenvalue weighted by Gasteiger charge is 2.47. The molecule has 3 aromatic rings. The predicted molar refractivity (Wildman–Crippen MR) is 164 cm³/mol. The van der Waals surface area contributed by atoms with Crippen LogP contribution in [0, 0.1) is 11.3 Å². The predicted octanol–water partition coefficient (Wildman–Crippen LogP) is 2.87. The van der Waals surface area contributed by atoms with Crippen LogP contribution in [0.5, 0.6) is 0 Å². The number of nitrogens with zero attached hydrogens (tertiary/aromatic N) is 9. The fourth-order valence-electron chi connectivity index (χ4n) is 5.86. The zero-order chi connectivity index (χ0) is 31.4. The van der Waals surface area contributed by atoms with Crippen molar-refractivity contribution in [3.8, 4) is 16.9 Å². The first kappa shape index (κ1) is 30.6. The zero-order valence-corrected chi connectivity index (χ0v) is 26.9. The van der Waals surface area contributed by atoms with Crippen molar-refractivity contribution in [3.05, 3.63) is 23.5 Å². The minimum Gasteiger partial charge on any atom is -0.366 e. The van der Waals surface area contributed by atoms with Gasteiger partial charge in [-0.05, 0) is 59.2 Å². The van der Waals surface area contributed by atoms with E-state index in [1.54, 1.807) is 21.6 Å². The van der Waals surface area contributed by atoms with Gasteiger partial charge in [-0.1, -0.05) is 11.3 Å². The Labute approximate surface area is 260 Å². The lowest BCUT2D eigenvalue weighted by Crippen LogP contribution is -2.61. The van der Waals surface area contributed by atoms with Crippen molar-refractivity contribution in [2.45, 2.75) is 68.7 Å². The van der Waals surface area contributed by atoms with E-state index >= 15 is 0 Å². The highest BCUT2D eigenvalue weighted by atomic mass is 32.2. The number of pyridine rings is 1. The summed E-state index contributed by atoms with van der Waals surface area (Å²) < 4.78 is 45.4. The Bertz CT molecular complexity index is 1700. The van der Waals surface area contributed by atoms with Gasteiger partial charge in [0.1, 0.15) is 10.4 Å². The number of hydrogen-bond donors (Lipinski definition) is 1. The van der Waals surface area contributed by atoms with E-state index in [-0.39, 0.29) is 28.0 Å². The van der Waals surface area contributed by atoms with Crippen molar-refractivity contribution < 1.29 is 17.6 Å². The number of carbonyl (C=O) groups excluding carboxylic acids is 1. The third-order valence-corrected chi connectivity index (χ3v) is 11.3. The molecule has 13 nitrogen and oxygen atoms in total. The lowest BCUT2D eigenvalue weighted by atomic mass is 10.1. The van der Waals surface area contributed by atoms with Crippen molar-refractivity contribution in [3.63, 3.8) is 0 Å². The van der Waals surface area contributed by atoms with Crippen LogP contribution in [0.2, 0.25) is 0 Å². The number of aromatic nitrogens is 4. The van der Waals surface area contributed by atoms with Gasteiger partial charge in [-0.3, -0.25) is 4.40 Å². The Hall–Kier alpha value is -3.39. The van der Waals surface area contributed by atoms with Crippen LogP contribution in [0.4, 0.5) is 14.9 Å². The molecule has 1 aliphatic carbocycles. The van der Waals surface area contributed by atoms with Crippen molar-refractivity contribution in [2.24, 2.45) is 0 Å². The second-order valence-corrected chi connectivity index (χ2v) is 14.9. The van der Waals surface area contributed by atoms with Crippen molar-refractivity contribution >= 4 is 38.6 Å². The highest BCUT2D eigenvalue weighted by molar-refractivity contribution is 7.89. The number of amides is 2. The van der Waals surface area contributed by atoms with E-state index in [2.05, 4.69) is 35.8 Å². The average molecular weight is 645 g/mol. The molecule has 0 spiro atoms. The molecule has 3 aliphatic rings. The molecule has 0 radical (unpaired) electrons. The molecular weight excluding hydrogens is 608 g/mol. The topological polar surface area (TPSA) is 143 Å². The summed E-state index contributed by atoms with van der Waals surface area (Å²) in [7, 11) is -2.26. The summed E-state index contributed by atoms with van der Waals surface area (Å²) in [5.74, 6) is 0.336. The number of fused-ring (bicyclic) bond motifs is 1. The number of anilines is 1. The van der Waals surface area contributed by atoms with Gasteiger partial charge in [0.25, 0.3) is 0 Å². The molecular formula is C28H37FN10O3S2. The molecule has 236 valence electrons. The second kappa shape index (κ2) is 11.5. The number of nitriles is 1. The Morgan fingerprint density at radius 2 is 1.98 bits per heavy atom. The maximum absolute atomic E-state index is 14.0. The van der Waals surface area contributed by atoms with Crippen LogP contribution in [0.1, 0.15) is 51.2 Å². The van der Waals surface area contributed by atoms with Gasteiger partial charge in [-0.2, -0.15) is 9.98 Å². The normalized spacial score (nSPS) is 22.5. The van der Waals surface area contributed by atoms with Crippen molar-refractivity contribution in [1.82, 2.24) is 39.0 Å². The molecule has 0 aromatic carbocycles. The molecule has 1 saturated carbocycles. The van der Waals surface area contributed by atoms with Gasteiger partial charge in [0.15, 0.2) is 22.0 Å². The maximum atomic E-state index is 14.0. The number of likely N-dealkylation sites (tertiary alicyclic amines) is 1. The number of sulfonamides is 1. The fourth-order valence-corrected chi connectivity index (χ4v) is 8.02. The fraction of sp³-hybridized carbons (Fsp3) is 0.607. The number of piperazine rings is 1. The molecule has 3 atom stereocenters. The van der Waals surface area contributed by atoms with Gasteiger partial charge in [0.2, 0.25) is 10.0 Å². The third kappa shape index (κ3) is 5.73. The molecule has 1 unspecified atom stereocenters. The minimum absolute atomic E-state index is 0.0251. The van der Waals surface area contributed by atoms with E-state index in [4.69, 9.17) is 0 Å². The molecule has 2 amide bonds. The monoisotopic (exact) mass is 644 g/mol. The van der Waals surface area contributed by atoms with E-state index < -0.39 is 21.7 Å². The van der Waals surface area contributed by atoms with Gasteiger partial charge in [-0.25, -0.2) is 22.6 Å². The molecule has 2 aliphatic heterocycles. The van der Waals surface area contributed by atoms with Crippen molar-refractivity contribution in [2.75, 3.05) is 51.2 Å². The SMILES string of the molecule is CC(F)c1nnc(-c2ncc3c(N4C[C@H](C)N(C(=O)N(C)CCN5CCC5)[C@@H](C)C4)cc(S(=O)(=O)NC4(C#N)CC4)cn23)s1. The van der Waals surface area contributed by atoms with Crippen molar-refractivity contribution in [1.29, 1.82) is 5.26 Å². The zero-order valence-electron chi connectivity index (χ0n) is 25.3. The Balaban J connectivity index is 1.34. The van der Waals surface area contributed by atoms with Gasteiger partial charge >= 0.3 is 6.03 Å². The number of alkyl halides is 1. The lowest BCUT2D eigenvalue weighted by Gasteiger charge is -2.46. The first-order valence-electron chi connectivity index (χ1n) is 14.9. The minimum atomic E-state index is -4.09. The Kier molecular flexibility index (Phi) is 8.02. The average Bonchev–Trinajstić information content (AvgIpc) is 3.33. The molecule has 3 fully saturated rings. The van der Waals surface area contributed by atoms with E-state index in [0.29, 0.717) is 54.5 Å². The van der Waals surface area contributed by atoms with E-state index in [1.807, 2.05) is 25.8 Å². The molecule has 3 aromatic heterocycles. The smallest absolute Gasteiger partial charge is 0.320 e. The maximum Gasteiger partial charge on any atom is 0.320 e. The molecule has 2 saturated heterocycles. The van der Waals surface area contributed by atoms with Crippen LogP contribution in [-0.2, 0) is 10.0 Å². The van der Waals surface area contributed by atoms with Crippen LogP contribution in [-0.4, -0.2) is 113 Å². The van der Waals surface area contributed by atoms with Crippen LogP contribution in [0.15, 0.2) is 23.4 Å². The van der Waals surface area contributed by atoms with Crippen LogP contribution >= 0.6 is 11.3 Å². The first-order chi connectivity index (χ1) is 20.9. The van der Waals surface area contributed by atoms with Gasteiger partial charge < -0.3 is 19.6 Å². The number of likely N-dealkylation sites (N-methyl/N-ethyl adjacent to an activating group) is 1. The van der Waals surface area contributed by atoms with Crippen LogP contribution < -0.4 is 9.62 Å². The number of urea groups is 1. The number of carbonyl (C=O) groups is 1. The Morgan fingerprint density at radius 3 is 2.55 bits per heavy atom. The van der Waals surface area contributed by atoms with Crippen LogP contribution in [0.25, 0.3) is 16.3 Å². The standard InChI is InChI=1S/C28H37FN10O3S2/c1-18-14-37(15-19(2)39(18)27(40)35(4)10-11-36-8-5-9-36)22-12-21(44(41,42)34-28(17-30)6-7-28)16-38-23(22)13-31-24(38)26-33-32-25(43-26)20(3)29/h12-13,16,18-20,34H,5-11,14-15H2,1-4H3/t18-,19-,20?/m0/s1. The lowest BCUT2D eigenvalue weighted by molar-refractivity contribution is 0.104. The Morgan fingerprint density at radius 1 is 1.27 bits per heavy atom. The summed E-state index contributed by atoms with van der Waals surface area (Å²) in [6.45, 7) is 9.97. The first-order valence-corrected chi connectivity index (χ1v) is 17.2. The molecule has 1 N–H and O–H groups in total. The molecule has 5 heterocycles. The summed E-state index contributed by atoms with van der Waals surface area (Å²) in [6.07, 6.45) is 3.89. The number of hydrogen-bond acceptors (Lipinski definition) is 10. The molecule has 6 rings (SSSR count). The number of halogens is 1. The van der Waals surface area contributed by atoms with E-state index in [9.17, 15) is 22.9 Å². The highest BCUT2D eigenvalue weighted by Crippen LogP contribution is 2.38. The van der Waals surface area contributed by atoms with Gasteiger partial charge in [0, 0.05) is 51.5 Å². The molecule has 44 heavy (non-hydrogen) atoms. The van der Waals surface area contributed by atoms with Crippen LogP contribution in [0.3, 0.4) is 0 Å². The quantitative estimate of drug-likeness (QED) is 0.372. The molecule has 16 heteroatoms. The summed E-state index contributed by atoms with van der Waals surface area (Å²) in [5.41, 5.74) is 0.151. The number of imidazole rings is 1. The van der Waals surface area contributed by atoms with E-state index in [0.717, 1.165) is 31.0 Å². The molecule has 0 bridgehead atoms. The number of nitrogens with one attached hydrogen (secondary N) is 1. The summed E-state index contributed by atoms with van der Waals surface area (Å²) in [4.78, 5) is 26.1. The summed E-state index contributed by atoms with van der Waals surface area (Å²) >= 11 is 1.06. The number of rotatable bonds is 9. The van der Waals surface area contributed by atoms with E-state index in [1.165, 1.54) is 19.5 Å². The van der Waals surface area contributed by atoms with Gasteiger partial charge in [-0.15, -0.1) is 10.2 Å². The summed E-state index contributed by atoms with van der Waals surface area (Å²) in [5, 5.41) is 18.2. The largest absolute Gasteiger partial charge is 0.366 e. The third-order valence-electron chi connectivity index (χ3n) is 8.68. The summed E-state index contributed by atoms with van der Waals surface area (Å²) in [6, 6.07) is 3.33. The second-order valence-electron chi connectivity index (χ2n) is 12.2.